The summed E-state index contributed by atoms with van der Waals surface area (Å²) in [7, 11) is 0.812. The van der Waals surface area contributed by atoms with Gasteiger partial charge in [-0.15, -0.1) is 11.3 Å². The fraction of sp³-hybridized carbons (Fsp3) is 0.391. The second-order valence-corrected chi connectivity index (χ2v) is 21.1. The van der Waals surface area contributed by atoms with Gasteiger partial charge in [-0.25, -0.2) is 0 Å². The van der Waals surface area contributed by atoms with Crippen LogP contribution in [0.4, 0.5) is 0 Å². The summed E-state index contributed by atoms with van der Waals surface area (Å²) < 4.78 is 33.3. The van der Waals surface area contributed by atoms with E-state index in [1.54, 1.807) is 14.2 Å². The Morgan fingerprint density at radius 3 is 1.61 bits per heavy atom. The van der Waals surface area contributed by atoms with Crippen molar-refractivity contribution in [3.8, 4) is 11.5 Å². The van der Waals surface area contributed by atoms with Crippen LogP contribution in [0.1, 0.15) is 99.6 Å². The third-order valence-corrected chi connectivity index (χ3v) is 15.6. The number of rotatable bonds is 8. The Kier molecular flexibility index (Phi) is 11.1. The minimum atomic E-state index is -1.85. The van der Waals surface area contributed by atoms with Crippen molar-refractivity contribution in [1.82, 2.24) is 0 Å². The normalized spacial score (nSPS) is 16.6. The van der Waals surface area contributed by atoms with Crippen LogP contribution in [-0.4, -0.2) is 20.3 Å². The van der Waals surface area contributed by atoms with Gasteiger partial charge in [-0.3, -0.25) is 4.52 Å². The number of aryl methyl sites for hydroxylation is 2. The van der Waals surface area contributed by atoms with Crippen molar-refractivity contribution in [2.45, 2.75) is 104 Å². The lowest BCUT2D eigenvalue weighted by atomic mass is 9.82. The molecule has 54 heavy (non-hydrogen) atoms. The highest BCUT2D eigenvalue weighted by Gasteiger charge is 2.36. The first-order valence-electron chi connectivity index (χ1n) is 19.1. The zero-order chi connectivity index (χ0) is 38.4. The van der Waals surface area contributed by atoms with Gasteiger partial charge in [0, 0.05) is 42.9 Å². The zero-order valence-corrected chi connectivity index (χ0v) is 36.0. The van der Waals surface area contributed by atoms with Crippen molar-refractivity contribution in [2.24, 2.45) is 0 Å². The highest BCUT2D eigenvalue weighted by molar-refractivity contribution is 7.80. The Morgan fingerprint density at radius 1 is 0.667 bits per heavy atom. The van der Waals surface area contributed by atoms with E-state index in [1.165, 1.54) is 37.7 Å². The molecule has 0 saturated heterocycles. The maximum absolute atomic E-state index is 7.32. The van der Waals surface area contributed by atoms with E-state index in [2.05, 4.69) is 140 Å². The monoisotopic (exact) mass is 780 g/mol. The van der Waals surface area contributed by atoms with Gasteiger partial charge < -0.3 is 17.9 Å². The molecule has 6 aromatic rings. The summed E-state index contributed by atoms with van der Waals surface area (Å²) in [5.41, 5.74) is 4.65. The van der Waals surface area contributed by atoms with E-state index in [0.29, 0.717) is 0 Å². The van der Waals surface area contributed by atoms with Gasteiger partial charge in [0.25, 0.3) is 0 Å². The molecular weight excluding hydrogens is 727 g/mol. The molecule has 1 saturated carbocycles. The highest BCUT2D eigenvalue weighted by Crippen LogP contribution is 2.49. The van der Waals surface area contributed by atoms with Gasteiger partial charge in [0.05, 0.1) is 20.3 Å². The van der Waals surface area contributed by atoms with Crippen LogP contribution in [0.5, 0.6) is 11.5 Å². The van der Waals surface area contributed by atoms with E-state index in [4.69, 9.17) is 22.4 Å². The molecule has 0 aliphatic heterocycles. The second kappa shape index (κ2) is 15.5. The maximum atomic E-state index is 7.32. The fourth-order valence-corrected chi connectivity index (χ4v) is 13.4. The summed E-state index contributed by atoms with van der Waals surface area (Å²) in [5, 5.41) is 6.08. The smallest absolute Gasteiger partial charge is 0.387 e. The minimum absolute atomic E-state index is 0.0719. The topological polar surface area (TPSA) is 54.0 Å². The van der Waals surface area contributed by atoms with Gasteiger partial charge in [-0.05, 0) is 85.9 Å². The van der Waals surface area contributed by atoms with Crippen LogP contribution < -0.4 is 29.9 Å². The molecule has 1 fully saturated rings. The van der Waals surface area contributed by atoms with E-state index in [1.807, 2.05) is 11.3 Å². The summed E-state index contributed by atoms with van der Waals surface area (Å²) in [5.74, 6) is 1.76. The summed E-state index contributed by atoms with van der Waals surface area (Å²) >= 11 is 1.94. The molecule has 2 unspecified atom stereocenters. The van der Waals surface area contributed by atoms with E-state index in [0.717, 1.165) is 63.8 Å². The molecular formula is C46H54O5P2S. The predicted molar refractivity (Wildman–Crippen MR) is 231 cm³/mol. The molecule has 2 atom stereocenters. The van der Waals surface area contributed by atoms with Crippen molar-refractivity contribution in [3.63, 3.8) is 0 Å². The molecule has 1 aliphatic carbocycles. The lowest BCUT2D eigenvalue weighted by Gasteiger charge is -2.33. The van der Waals surface area contributed by atoms with Crippen molar-refractivity contribution in [1.29, 1.82) is 0 Å². The Hall–Kier alpha value is -3.53. The molecule has 0 amide bonds. The van der Waals surface area contributed by atoms with Crippen LogP contribution in [0.15, 0.2) is 93.3 Å². The maximum Gasteiger partial charge on any atom is 0.387 e. The molecule has 0 spiro atoms. The number of ether oxygens (including phenoxy) is 2. The second-order valence-electron chi connectivity index (χ2n) is 16.5. The van der Waals surface area contributed by atoms with E-state index < -0.39 is 16.2 Å². The number of benzene rings is 4. The molecule has 2 aromatic heterocycles. The molecule has 2 heterocycles. The van der Waals surface area contributed by atoms with Gasteiger partial charge in [0.1, 0.15) is 22.7 Å². The summed E-state index contributed by atoms with van der Waals surface area (Å²) in [6.45, 7) is 17.9. The zero-order valence-electron chi connectivity index (χ0n) is 33.4. The molecule has 5 nitrogen and oxygen atoms in total. The Bertz CT molecular complexity index is 2170. The number of hydrogen-bond donors (Lipinski definition) is 0. The molecule has 0 N–H and O–H groups in total. The molecule has 7 rings (SSSR count). The third kappa shape index (κ3) is 7.65. The first kappa shape index (κ1) is 38.7. The van der Waals surface area contributed by atoms with Crippen LogP contribution in [0, 0.1) is 13.8 Å². The van der Waals surface area contributed by atoms with Gasteiger partial charge in [0.15, 0.2) is 0 Å². The Balaban J connectivity index is 1.45. The van der Waals surface area contributed by atoms with Gasteiger partial charge in [0.2, 0.25) is 0 Å². The lowest BCUT2D eigenvalue weighted by molar-refractivity contribution is 0.172. The number of fused-ring (bicyclic) bond motifs is 3. The number of thiophene rings is 1. The van der Waals surface area contributed by atoms with Crippen LogP contribution in [-0.2, 0) is 10.8 Å². The quantitative estimate of drug-likeness (QED) is 0.144. The Labute approximate surface area is 327 Å². The van der Waals surface area contributed by atoms with Crippen molar-refractivity contribution in [3.05, 3.63) is 111 Å². The van der Waals surface area contributed by atoms with E-state index in [-0.39, 0.29) is 22.9 Å². The standard InChI is InChI=1S/C46H54O5P2S/c1-29-41(44(30(2)54-29)52(33-19-13-11-14-20-33)34-21-15-12-16-22-34)35-23-17-18-24-40(35)49-53-50-42-36(25-31(47-9)27-38(42)45(3,4)5)37-26-32(48-10)28-39(43(37)51-53)46(6,7)8/h11-16,19-22,25-28,35,40H,17-18,23-24H2,1-10H3. The fourth-order valence-electron chi connectivity index (χ4n) is 7.99. The average molecular weight is 781 g/mol. The van der Waals surface area contributed by atoms with Crippen molar-refractivity contribution < 1.29 is 22.4 Å². The molecule has 1 aliphatic rings. The van der Waals surface area contributed by atoms with Crippen LogP contribution in [0.3, 0.4) is 0 Å². The molecule has 8 heteroatoms. The molecule has 0 bridgehead atoms. The van der Waals surface area contributed by atoms with Gasteiger partial charge in [-0.1, -0.05) is 115 Å². The lowest BCUT2D eigenvalue weighted by Crippen LogP contribution is -2.33. The highest BCUT2D eigenvalue weighted by atomic mass is 32.1. The largest absolute Gasteiger partial charge is 0.497 e. The average Bonchev–Trinajstić information content (AvgIpc) is 3.34. The molecule has 284 valence electrons. The molecule has 4 aromatic carbocycles. The minimum Gasteiger partial charge on any atom is -0.497 e. The summed E-state index contributed by atoms with van der Waals surface area (Å²) in [4.78, 5) is 2.78. The SMILES string of the molecule is COc1cc(C(C)(C)C)c2op(OC3CCCCC3c3c(C)sc(C)c3P(c3ccccc3)c3ccccc3)oc3c(C(C)(C)C)cc(OC)cc3c2c1. The molecule has 0 radical (unpaired) electrons. The van der Waals surface area contributed by atoms with Crippen molar-refractivity contribution >= 4 is 65.4 Å². The number of hydrogen-bond acceptors (Lipinski definition) is 6. The van der Waals surface area contributed by atoms with Crippen LogP contribution in [0.2, 0.25) is 0 Å². The third-order valence-electron chi connectivity index (χ3n) is 10.7. The first-order chi connectivity index (χ1) is 25.8. The summed E-state index contributed by atoms with van der Waals surface area (Å²) in [6.07, 6.45) is 4.21. The number of methoxy groups -OCH3 is 2. The van der Waals surface area contributed by atoms with Gasteiger partial charge in [-0.2, -0.15) is 0 Å². The van der Waals surface area contributed by atoms with E-state index >= 15 is 0 Å². The van der Waals surface area contributed by atoms with Crippen LogP contribution in [0.25, 0.3) is 21.9 Å². The van der Waals surface area contributed by atoms with E-state index in [9.17, 15) is 0 Å². The van der Waals surface area contributed by atoms with Crippen molar-refractivity contribution in [2.75, 3.05) is 14.2 Å². The van der Waals surface area contributed by atoms with Crippen LogP contribution >= 0.6 is 27.5 Å². The Morgan fingerprint density at radius 2 is 1.15 bits per heavy atom. The predicted octanol–water partition coefficient (Wildman–Crippen LogP) is 12.5. The summed E-state index contributed by atoms with van der Waals surface area (Å²) in [6, 6.07) is 30.5. The first-order valence-corrected chi connectivity index (χ1v) is 22.3. The van der Waals surface area contributed by atoms with Gasteiger partial charge >= 0.3 is 8.24 Å².